The molecule has 5 heteroatoms. The highest BCUT2D eigenvalue weighted by atomic mass is 16.6. The minimum absolute atomic E-state index is 0.0380. The van der Waals surface area contributed by atoms with Gasteiger partial charge in [-0.15, -0.1) is 0 Å². The lowest BCUT2D eigenvalue weighted by Crippen LogP contribution is -2.14. The maximum absolute atomic E-state index is 11.4. The number of carbonyl (C=O) groups is 2. The van der Waals surface area contributed by atoms with Crippen molar-refractivity contribution < 1.29 is 23.8 Å². The van der Waals surface area contributed by atoms with Gasteiger partial charge in [-0.05, 0) is 18.6 Å². The summed E-state index contributed by atoms with van der Waals surface area (Å²) in [6.07, 6.45) is 1.90. The first kappa shape index (κ1) is 17.0. The predicted molar refractivity (Wildman–Crippen MR) is 78.0 cm³/mol. The molecule has 1 aromatic rings. The van der Waals surface area contributed by atoms with Crippen LogP contribution in [0.2, 0.25) is 0 Å². The van der Waals surface area contributed by atoms with Crippen LogP contribution in [0.4, 0.5) is 0 Å². The molecular formula is C16H22O5. The molecule has 0 radical (unpaired) electrons. The number of hydrogen-bond donors (Lipinski definition) is 0. The van der Waals surface area contributed by atoms with Gasteiger partial charge in [0.25, 0.3) is 0 Å². The van der Waals surface area contributed by atoms with Crippen molar-refractivity contribution in [1.82, 2.24) is 0 Å². The van der Waals surface area contributed by atoms with Crippen LogP contribution in [0.3, 0.4) is 0 Å². The van der Waals surface area contributed by atoms with E-state index in [-0.39, 0.29) is 32.0 Å². The van der Waals surface area contributed by atoms with Crippen molar-refractivity contribution in [1.29, 1.82) is 0 Å². The Bertz CT molecular complexity index is 416. The van der Waals surface area contributed by atoms with E-state index in [4.69, 9.17) is 14.2 Å². The smallest absolute Gasteiger partial charge is 0.306 e. The minimum Gasteiger partial charge on any atom is -0.490 e. The number of unbranched alkanes of at least 4 members (excludes halogenated alkanes) is 1. The summed E-state index contributed by atoms with van der Waals surface area (Å²) in [5.74, 6) is -0.0481. The molecule has 0 saturated carbocycles. The van der Waals surface area contributed by atoms with Crippen molar-refractivity contribution in [2.24, 2.45) is 0 Å². The Balaban J connectivity index is 2.02. The molecule has 0 aromatic heterocycles. The molecule has 1 aromatic carbocycles. The molecule has 0 heterocycles. The third-order valence-corrected chi connectivity index (χ3v) is 2.65. The minimum atomic E-state index is -0.417. The van der Waals surface area contributed by atoms with Crippen LogP contribution in [0.25, 0.3) is 0 Å². The van der Waals surface area contributed by atoms with E-state index in [0.717, 1.165) is 18.6 Å². The number of carbonyl (C=O) groups excluding carboxylic acids is 2. The van der Waals surface area contributed by atoms with E-state index in [1.165, 1.54) is 0 Å². The predicted octanol–water partition coefficient (Wildman–Crippen LogP) is 2.73. The van der Waals surface area contributed by atoms with Gasteiger partial charge in [0.05, 0.1) is 19.4 Å². The van der Waals surface area contributed by atoms with Crippen molar-refractivity contribution in [2.75, 3.05) is 19.8 Å². The lowest BCUT2D eigenvalue weighted by Gasteiger charge is -2.07. The van der Waals surface area contributed by atoms with E-state index in [9.17, 15) is 9.59 Å². The molecule has 5 nitrogen and oxygen atoms in total. The summed E-state index contributed by atoms with van der Waals surface area (Å²) >= 11 is 0. The van der Waals surface area contributed by atoms with Crippen LogP contribution < -0.4 is 4.74 Å². The zero-order valence-electron chi connectivity index (χ0n) is 12.4. The van der Waals surface area contributed by atoms with Gasteiger partial charge in [-0.1, -0.05) is 31.5 Å². The lowest BCUT2D eigenvalue weighted by atomic mass is 10.3. The van der Waals surface area contributed by atoms with Crippen molar-refractivity contribution in [3.8, 4) is 5.75 Å². The SMILES string of the molecule is CCCCOC(=O)CCC(=O)OCCOc1ccccc1. The van der Waals surface area contributed by atoms with Crippen molar-refractivity contribution >= 4 is 11.9 Å². The molecule has 0 saturated heterocycles. The first-order valence-corrected chi connectivity index (χ1v) is 7.21. The maximum atomic E-state index is 11.4. The highest BCUT2D eigenvalue weighted by molar-refractivity contribution is 5.77. The quantitative estimate of drug-likeness (QED) is 0.490. The summed E-state index contributed by atoms with van der Waals surface area (Å²) in [4.78, 5) is 22.7. The molecule has 1 rings (SSSR count). The zero-order valence-corrected chi connectivity index (χ0v) is 12.4. The molecule has 0 bridgehead atoms. The van der Waals surface area contributed by atoms with Crippen molar-refractivity contribution in [3.05, 3.63) is 30.3 Å². The number of benzene rings is 1. The Morgan fingerprint density at radius 1 is 0.905 bits per heavy atom. The number of esters is 2. The first-order chi connectivity index (χ1) is 10.2. The fourth-order valence-electron chi connectivity index (χ4n) is 1.51. The normalized spacial score (nSPS) is 9.95. The average molecular weight is 294 g/mol. The second-order valence-electron chi connectivity index (χ2n) is 4.46. The van der Waals surface area contributed by atoms with Gasteiger partial charge >= 0.3 is 11.9 Å². The average Bonchev–Trinajstić information content (AvgIpc) is 2.51. The first-order valence-electron chi connectivity index (χ1n) is 7.21. The van der Waals surface area contributed by atoms with E-state index < -0.39 is 5.97 Å². The van der Waals surface area contributed by atoms with Gasteiger partial charge in [0.15, 0.2) is 0 Å². The van der Waals surface area contributed by atoms with Gasteiger partial charge in [-0.25, -0.2) is 0 Å². The summed E-state index contributed by atoms with van der Waals surface area (Å²) in [5, 5.41) is 0. The fraction of sp³-hybridized carbons (Fsp3) is 0.500. The van der Waals surface area contributed by atoms with E-state index in [1.807, 2.05) is 37.3 Å². The highest BCUT2D eigenvalue weighted by Crippen LogP contribution is 2.07. The van der Waals surface area contributed by atoms with Crippen LogP contribution >= 0.6 is 0 Å². The Morgan fingerprint density at radius 3 is 2.14 bits per heavy atom. The van der Waals surface area contributed by atoms with Crippen molar-refractivity contribution in [3.63, 3.8) is 0 Å². The molecule has 0 spiro atoms. The topological polar surface area (TPSA) is 61.8 Å². The summed E-state index contributed by atoms with van der Waals surface area (Å²) in [6, 6.07) is 9.28. The van der Waals surface area contributed by atoms with Crippen LogP contribution in [-0.4, -0.2) is 31.8 Å². The van der Waals surface area contributed by atoms with E-state index in [2.05, 4.69) is 0 Å². The van der Waals surface area contributed by atoms with Crippen LogP contribution in [0, 0.1) is 0 Å². The molecule has 0 N–H and O–H groups in total. The van der Waals surface area contributed by atoms with Gasteiger partial charge < -0.3 is 14.2 Å². The molecule has 0 amide bonds. The lowest BCUT2D eigenvalue weighted by molar-refractivity contribution is -0.150. The third kappa shape index (κ3) is 8.68. The maximum Gasteiger partial charge on any atom is 0.306 e. The van der Waals surface area contributed by atoms with Gasteiger partial charge in [0.2, 0.25) is 0 Å². The molecule has 116 valence electrons. The van der Waals surface area contributed by atoms with Gasteiger partial charge in [0.1, 0.15) is 19.0 Å². The largest absolute Gasteiger partial charge is 0.490 e. The second-order valence-corrected chi connectivity index (χ2v) is 4.46. The third-order valence-electron chi connectivity index (χ3n) is 2.65. The molecule has 0 aliphatic carbocycles. The monoisotopic (exact) mass is 294 g/mol. The summed E-state index contributed by atoms with van der Waals surface area (Å²) in [6.45, 7) is 2.88. The standard InChI is InChI=1S/C16H22O5/c1-2-3-11-20-15(17)9-10-16(18)21-13-12-19-14-7-5-4-6-8-14/h4-8H,2-3,9-13H2,1H3. The Kier molecular flexibility index (Phi) is 8.68. The molecule has 21 heavy (non-hydrogen) atoms. The summed E-state index contributed by atoms with van der Waals surface area (Å²) < 4.78 is 15.3. The molecule has 0 aliphatic rings. The Hall–Kier alpha value is -2.04. The van der Waals surface area contributed by atoms with Gasteiger partial charge in [-0.2, -0.15) is 0 Å². The number of ether oxygens (including phenoxy) is 3. The van der Waals surface area contributed by atoms with Gasteiger partial charge in [-0.3, -0.25) is 9.59 Å². The molecule has 0 aliphatic heterocycles. The summed E-state index contributed by atoms with van der Waals surface area (Å²) in [5.41, 5.74) is 0. The summed E-state index contributed by atoms with van der Waals surface area (Å²) in [7, 11) is 0. The number of hydrogen-bond acceptors (Lipinski definition) is 5. The van der Waals surface area contributed by atoms with Crippen molar-refractivity contribution in [2.45, 2.75) is 32.6 Å². The Labute approximate surface area is 125 Å². The molecule has 0 atom stereocenters. The van der Waals surface area contributed by atoms with E-state index in [0.29, 0.717) is 6.61 Å². The second kappa shape index (κ2) is 10.7. The van der Waals surface area contributed by atoms with Crippen LogP contribution in [0.1, 0.15) is 32.6 Å². The number of para-hydroxylation sites is 1. The van der Waals surface area contributed by atoms with E-state index >= 15 is 0 Å². The number of rotatable bonds is 10. The molecule has 0 unspecified atom stereocenters. The van der Waals surface area contributed by atoms with Gasteiger partial charge in [0, 0.05) is 0 Å². The van der Waals surface area contributed by atoms with E-state index in [1.54, 1.807) is 0 Å². The molecule has 0 fully saturated rings. The van der Waals surface area contributed by atoms with Crippen LogP contribution in [0.15, 0.2) is 30.3 Å². The van der Waals surface area contributed by atoms with Crippen LogP contribution in [0.5, 0.6) is 5.75 Å². The molecular weight excluding hydrogens is 272 g/mol. The Morgan fingerprint density at radius 2 is 1.52 bits per heavy atom. The fourth-order valence-corrected chi connectivity index (χ4v) is 1.51. The van der Waals surface area contributed by atoms with Crippen LogP contribution in [-0.2, 0) is 19.1 Å². The highest BCUT2D eigenvalue weighted by Gasteiger charge is 2.08. The zero-order chi connectivity index (χ0) is 15.3.